The first-order chi connectivity index (χ1) is 26.1. The first-order valence-electron chi connectivity index (χ1n) is 19.3. The van der Waals surface area contributed by atoms with Crippen LogP contribution in [0.2, 0.25) is 0 Å². The largest absolute Gasteiger partial charge is 0.481 e. The molecule has 19 heteroatoms. The molecule has 6 amide bonds. The summed E-state index contributed by atoms with van der Waals surface area (Å²) in [4.78, 5) is 104. The van der Waals surface area contributed by atoms with Crippen molar-refractivity contribution in [2.75, 3.05) is 18.6 Å². The lowest BCUT2D eigenvalue weighted by Gasteiger charge is -2.30. The van der Waals surface area contributed by atoms with Crippen LogP contribution in [0.15, 0.2) is 0 Å². The van der Waals surface area contributed by atoms with Gasteiger partial charge in [0.2, 0.25) is 35.4 Å². The van der Waals surface area contributed by atoms with E-state index in [-0.39, 0.29) is 25.7 Å². The summed E-state index contributed by atoms with van der Waals surface area (Å²) in [7, 11) is 0. The van der Waals surface area contributed by atoms with Crippen LogP contribution in [0.1, 0.15) is 100 Å². The Morgan fingerprint density at radius 3 is 1.43 bits per heavy atom. The number of aliphatic carboxylic acids is 2. The minimum atomic E-state index is -1.21. The number of hydrogen-bond acceptors (Lipinski definition) is 11. The maximum absolute atomic E-state index is 13.9. The van der Waals surface area contributed by atoms with Gasteiger partial charge in [0, 0.05) is 6.42 Å². The van der Waals surface area contributed by atoms with Gasteiger partial charge in [0.05, 0.1) is 6.04 Å². The standard InChI is InChI=1S/C37H68N8O10S/c1-10-22(8)30(36(53)41-25(16-18-56-9)33(50)43-28(20(4)5)35(52)44-29(21(6)7)37(54)55)45-32(49)24(13-11-12-17-38)40-34(51)27(19(2)3)42-31(48)23(39)14-15-26(46)47/h19-25,27-30H,10-18,38-39H2,1-9H3,(H,40,51)(H,41,53)(H,42,48)(H,43,50)(H,44,52)(H,45,49)(H,46,47)(H,54,55)/t22-,23-,24-,25-,27-,28-,29-,30-/m0/s1. The van der Waals surface area contributed by atoms with Crippen molar-refractivity contribution in [3.8, 4) is 0 Å². The smallest absolute Gasteiger partial charge is 0.326 e. The van der Waals surface area contributed by atoms with Crippen LogP contribution in [0.5, 0.6) is 0 Å². The monoisotopic (exact) mass is 816 g/mol. The lowest BCUT2D eigenvalue weighted by Crippen LogP contribution is -2.61. The Bertz CT molecular complexity index is 1320. The molecule has 0 aromatic carbocycles. The minimum Gasteiger partial charge on any atom is -0.481 e. The van der Waals surface area contributed by atoms with Crippen LogP contribution in [0.3, 0.4) is 0 Å². The van der Waals surface area contributed by atoms with Crippen molar-refractivity contribution in [2.24, 2.45) is 35.1 Å². The van der Waals surface area contributed by atoms with Gasteiger partial charge in [-0.05, 0) is 74.3 Å². The molecule has 322 valence electrons. The third-order valence-corrected chi connectivity index (χ3v) is 9.99. The number of nitrogens with two attached hydrogens (primary N) is 2. The fourth-order valence-corrected chi connectivity index (χ4v) is 5.97. The average molecular weight is 817 g/mol. The van der Waals surface area contributed by atoms with Crippen LogP contribution in [-0.4, -0.2) is 118 Å². The maximum atomic E-state index is 13.9. The Hall–Kier alpha value is -3.97. The first kappa shape index (κ1) is 52.0. The van der Waals surface area contributed by atoms with Crippen LogP contribution < -0.4 is 43.4 Å². The molecule has 0 rings (SSSR count). The van der Waals surface area contributed by atoms with Crippen molar-refractivity contribution in [2.45, 2.75) is 143 Å². The van der Waals surface area contributed by atoms with E-state index < -0.39 is 113 Å². The van der Waals surface area contributed by atoms with Crippen LogP contribution in [0, 0.1) is 23.7 Å². The van der Waals surface area contributed by atoms with Gasteiger partial charge in [0.1, 0.15) is 36.3 Å². The van der Waals surface area contributed by atoms with E-state index in [1.807, 2.05) is 13.2 Å². The highest BCUT2D eigenvalue weighted by Gasteiger charge is 2.36. The summed E-state index contributed by atoms with van der Waals surface area (Å²) >= 11 is 1.43. The van der Waals surface area contributed by atoms with E-state index in [9.17, 15) is 43.5 Å². The number of carboxylic acids is 2. The fourth-order valence-electron chi connectivity index (χ4n) is 5.50. The normalized spacial score (nSPS) is 15.7. The molecular formula is C37H68N8O10S. The molecule has 0 aromatic heterocycles. The summed E-state index contributed by atoms with van der Waals surface area (Å²) < 4.78 is 0. The maximum Gasteiger partial charge on any atom is 0.326 e. The van der Waals surface area contributed by atoms with E-state index in [2.05, 4.69) is 31.9 Å². The summed E-state index contributed by atoms with van der Waals surface area (Å²) in [6, 6.07) is -8.00. The van der Waals surface area contributed by atoms with Gasteiger partial charge in [-0.25, -0.2) is 4.79 Å². The van der Waals surface area contributed by atoms with Crippen LogP contribution in [0.4, 0.5) is 0 Å². The third-order valence-electron chi connectivity index (χ3n) is 9.35. The van der Waals surface area contributed by atoms with Crippen molar-refractivity contribution in [3.05, 3.63) is 0 Å². The highest BCUT2D eigenvalue weighted by molar-refractivity contribution is 7.98. The average Bonchev–Trinajstić information content (AvgIpc) is 3.12. The van der Waals surface area contributed by atoms with E-state index >= 15 is 0 Å². The van der Waals surface area contributed by atoms with Gasteiger partial charge < -0.3 is 53.6 Å². The SMILES string of the molecule is CC[C@H](C)[C@H](NC(=O)[C@H](CCCCN)NC(=O)[C@@H](NC(=O)[C@@H](N)CCC(=O)O)C(C)C)C(=O)N[C@@H](CCSC)C(=O)N[C@H](C(=O)N[C@H](C(=O)O)C(C)C)C(C)C. The van der Waals surface area contributed by atoms with Gasteiger partial charge in [-0.3, -0.25) is 33.6 Å². The predicted octanol–water partition coefficient (Wildman–Crippen LogP) is 0.0681. The Morgan fingerprint density at radius 2 is 1.00 bits per heavy atom. The number of carbonyl (C=O) groups excluding carboxylic acids is 6. The molecule has 0 fully saturated rings. The van der Waals surface area contributed by atoms with E-state index in [0.29, 0.717) is 31.6 Å². The molecule has 56 heavy (non-hydrogen) atoms. The molecule has 0 bridgehead atoms. The topological polar surface area (TPSA) is 301 Å². The second kappa shape index (κ2) is 26.8. The molecule has 18 nitrogen and oxygen atoms in total. The lowest BCUT2D eigenvalue weighted by atomic mass is 9.96. The molecule has 8 atom stereocenters. The molecule has 0 aliphatic heterocycles. The molecule has 0 spiro atoms. The third kappa shape index (κ3) is 18.8. The second-order valence-electron chi connectivity index (χ2n) is 15.1. The summed E-state index contributed by atoms with van der Waals surface area (Å²) in [6.07, 6.45) is 3.10. The number of carboxylic acid groups (broad SMARTS) is 2. The molecule has 0 aromatic rings. The van der Waals surface area contributed by atoms with Gasteiger partial charge in [-0.2, -0.15) is 11.8 Å². The quantitative estimate of drug-likeness (QED) is 0.0469. The van der Waals surface area contributed by atoms with Gasteiger partial charge in [0.15, 0.2) is 0 Å². The summed E-state index contributed by atoms with van der Waals surface area (Å²) in [5.41, 5.74) is 11.5. The molecule has 0 heterocycles. The van der Waals surface area contributed by atoms with E-state index in [0.717, 1.165) is 0 Å². The molecule has 0 saturated heterocycles. The number of thioether (sulfide) groups is 1. The zero-order valence-electron chi connectivity index (χ0n) is 34.4. The summed E-state index contributed by atoms with van der Waals surface area (Å²) in [6.45, 7) is 13.9. The molecule has 12 N–H and O–H groups in total. The van der Waals surface area contributed by atoms with Gasteiger partial charge in [-0.15, -0.1) is 0 Å². The Morgan fingerprint density at radius 1 is 0.571 bits per heavy atom. The Labute approximate surface area is 335 Å². The summed E-state index contributed by atoms with van der Waals surface area (Å²) in [5, 5.41) is 34.4. The minimum absolute atomic E-state index is 0.143. The van der Waals surface area contributed by atoms with Crippen LogP contribution >= 0.6 is 11.8 Å². The zero-order valence-corrected chi connectivity index (χ0v) is 35.3. The van der Waals surface area contributed by atoms with Crippen molar-refractivity contribution in [1.29, 1.82) is 0 Å². The number of hydrogen-bond donors (Lipinski definition) is 10. The van der Waals surface area contributed by atoms with E-state index in [1.165, 1.54) is 11.8 Å². The zero-order chi connectivity index (χ0) is 43.3. The van der Waals surface area contributed by atoms with Crippen molar-refractivity contribution in [1.82, 2.24) is 31.9 Å². The number of nitrogens with one attached hydrogen (secondary N) is 6. The highest BCUT2D eigenvalue weighted by Crippen LogP contribution is 2.14. The van der Waals surface area contributed by atoms with Crippen LogP contribution in [0.25, 0.3) is 0 Å². The van der Waals surface area contributed by atoms with Gasteiger partial charge >= 0.3 is 11.9 Å². The van der Waals surface area contributed by atoms with Crippen LogP contribution in [-0.2, 0) is 38.4 Å². The fraction of sp³-hybridized carbons (Fsp3) is 0.784. The van der Waals surface area contributed by atoms with Gasteiger partial charge in [0.25, 0.3) is 0 Å². The first-order valence-corrected chi connectivity index (χ1v) is 20.7. The number of unbranched alkanes of at least 4 members (excludes halogenated alkanes) is 1. The second-order valence-corrected chi connectivity index (χ2v) is 16.1. The van der Waals surface area contributed by atoms with Crippen molar-refractivity contribution < 1.29 is 48.6 Å². The molecular weight excluding hydrogens is 749 g/mol. The van der Waals surface area contributed by atoms with Crippen molar-refractivity contribution >= 4 is 59.1 Å². The number of rotatable bonds is 28. The Balaban J connectivity index is 6.29. The van der Waals surface area contributed by atoms with Crippen molar-refractivity contribution in [3.63, 3.8) is 0 Å². The lowest BCUT2D eigenvalue weighted by molar-refractivity contribution is -0.144. The predicted molar refractivity (Wildman–Crippen MR) is 214 cm³/mol. The number of carbonyl (C=O) groups is 8. The van der Waals surface area contributed by atoms with E-state index in [1.54, 1.807) is 48.5 Å². The molecule has 0 saturated carbocycles. The molecule has 0 radical (unpaired) electrons. The van der Waals surface area contributed by atoms with Gasteiger partial charge in [-0.1, -0.05) is 61.8 Å². The molecule has 0 aliphatic rings. The molecule has 0 aliphatic carbocycles. The van der Waals surface area contributed by atoms with E-state index in [4.69, 9.17) is 16.6 Å². The molecule has 0 unspecified atom stereocenters. The highest BCUT2D eigenvalue weighted by atomic mass is 32.2. The number of amides is 6. The summed E-state index contributed by atoms with van der Waals surface area (Å²) in [5.74, 6) is -7.72. The Kier molecular flexibility index (Phi) is 24.9.